The van der Waals surface area contributed by atoms with E-state index in [9.17, 15) is 33.6 Å². The van der Waals surface area contributed by atoms with E-state index < -0.39 is 52.7 Å². The van der Waals surface area contributed by atoms with Crippen LogP contribution in [-0.4, -0.2) is 125 Å². The van der Waals surface area contributed by atoms with Crippen molar-refractivity contribution in [2.45, 2.75) is 138 Å². The minimum atomic E-state index is -1.12. The Morgan fingerprint density at radius 3 is 1.12 bits per heavy atom. The molecular formula is C35H65N11O12. The molecule has 0 unspecified atom stereocenters. The molecule has 332 valence electrons. The molecule has 0 bridgehead atoms. The molecule has 0 heterocycles. The van der Waals surface area contributed by atoms with Crippen molar-refractivity contribution < 1.29 is 57.6 Å². The number of nitrogens with two attached hydrogens (primary N) is 1. The number of nitrogens with one attached hydrogen (secondary N) is 2. The monoisotopic (exact) mass is 831 g/mol. The summed E-state index contributed by atoms with van der Waals surface area (Å²) in [5, 5.41) is 20.6. The first-order valence-electron chi connectivity index (χ1n) is 18.4. The van der Waals surface area contributed by atoms with Crippen LogP contribution in [0.3, 0.4) is 0 Å². The van der Waals surface area contributed by atoms with Gasteiger partial charge in [-0.3, -0.25) is 14.4 Å². The first-order valence-corrected chi connectivity index (χ1v) is 18.4. The van der Waals surface area contributed by atoms with Gasteiger partial charge in [-0.2, -0.15) is 0 Å². The van der Waals surface area contributed by atoms with E-state index in [1.165, 1.54) is 0 Å². The number of rotatable bonds is 16. The molecule has 0 aromatic heterocycles. The molecule has 0 radical (unpaired) electrons. The van der Waals surface area contributed by atoms with E-state index in [4.69, 9.17) is 40.8 Å². The Morgan fingerprint density at radius 1 is 0.569 bits per heavy atom. The van der Waals surface area contributed by atoms with Gasteiger partial charge in [0, 0.05) is 68.5 Å². The Balaban J connectivity index is -0.000000836. The lowest BCUT2D eigenvalue weighted by atomic mass is 10.2. The Hall–Kier alpha value is -5.53. The van der Waals surface area contributed by atoms with Crippen LogP contribution in [0.5, 0.6) is 0 Å². The van der Waals surface area contributed by atoms with Crippen molar-refractivity contribution in [2.24, 2.45) is 16.0 Å². The zero-order valence-corrected chi connectivity index (χ0v) is 36.1. The Bertz CT molecular complexity index is 1360. The SMILES string of the molecule is CC(C)(C)OC(=O)N(CCC(=O)NCCCN=[N+]=[N-])C(=O)OC(C)(C)C.CC(C)(C)OC(=O)N(CCC(=O)O)C(=O)OC(C)(C)C.[N-]=[N+]=NCCCNC(=O)CCN. The van der Waals surface area contributed by atoms with Crippen LogP contribution in [-0.2, 0) is 33.3 Å². The first kappa shape index (κ1) is 56.8. The first-order chi connectivity index (χ1) is 26.5. The van der Waals surface area contributed by atoms with Gasteiger partial charge in [0.1, 0.15) is 22.4 Å². The number of carboxylic acid groups (broad SMARTS) is 1. The molecule has 0 aliphatic heterocycles. The average molecular weight is 832 g/mol. The third-order valence-electron chi connectivity index (χ3n) is 5.58. The fraction of sp³-hybridized carbons (Fsp3) is 0.800. The number of carbonyl (C=O) groups is 7. The maximum absolute atomic E-state index is 12.3. The highest BCUT2D eigenvalue weighted by Gasteiger charge is 2.32. The highest BCUT2D eigenvalue weighted by atomic mass is 16.6. The average Bonchev–Trinajstić information content (AvgIpc) is 3.02. The molecule has 23 heteroatoms. The van der Waals surface area contributed by atoms with E-state index in [1.807, 2.05) is 0 Å². The molecule has 0 rings (SSSR count). The summed E-state index contributed by atoms with van der Waals surface area (Å²) in [6.07, 6.45) is -2.55. The summed E-state index contributed by atoms with van der Waals surface area (Å²) in [5.74, 6) is -1.52. The minimum Gasteiger partial charge on any atom is -0.481 e. The standard InChI is InChI=1S/C16H29N5O5.C13H23NO6.C6H13N5O/c1-15(2,3)25-13(23)21(14(24)26-16(4,5)6)11-8-12(22)18-9-7-10-19-20-17;1-12(2,3)19-10(17)14(8-7-9(15)16)11(18)20-13(4,5)6;7-3-2-6(12)9-4-1-5-10-11-8/h7-11H2,1-6H3,(H,18,22);7-8H2,1-6H3,(H,15,16);1-5,7H2,(H,9,12). The smallest absolute Gasteiger partial charge is 0.419 e. The molecule has 0 aliphatic rings. The van der Waals surface area contributed by atoms with Crippen LogP contribution in [0.25, 0.3) is 20.9 Å². The minimum absolute atomic E-state index is 0.0570. The molecule has 0 saturated carbocycles. The third-order valence-corrected chi connectivity index (χ3v) is 5.58. The van der Waals surface area contributed by atoms with Gasteiger partial charge in [-0.05, 0) is 107 Å². The lowest BCUT2D eigenvalue weighted by molar-refractivity contribution is -0.137. The number of azide groups is 2. The third kappa shape index (κ3) is 37.4. The number of ether oxygens (including phenoxy) is 4. The molecule has 0 saturated heterocycles. The number of carbonyl (C=O) groups excluding carboxylic acids is 6. The van der Waals surface area contributed by atoms with Crippen LogP contribution >= 0.6 is 0 Å². The number of aliphatic carboxylic acids is 1. The van der Waals surface area contributed by atoms with Gasteiger partial charge < -0.3 is 40.4 Å². The lowest BCUT2D eigenvalue weighted by Crippen LogP contribution is -2.45. The van der Waals surface area contributed by atoms with Crippen molar-refractivity contribution in [3.63, 3.8) is 0 Å². The van der Waals surface area contributed by atoms with Gasteiger partial charge in [0.05, 0.1) is 6.42 Å². The normalized spacial score (nSPS) is 10.8. The van der Waals surface area contributed by atoms with Crippen LogP contribution in [0, 0.1) is 0 Å². The van der Waals surface area contributed by atoms with Gasteiger partial charge in [0.25, 0.3) is 0 Å². The molecule has 23 nitrogen and oxygen atoms in total. The maximum atomic E-state index is 12.3. The van der Waals surface area contributed by atoms with Crippen molar-refractivity contribution >= 4 is 42.2 Å². The molecule has 0 fully saturated rings. The summed E-state index contributed by atoms with van der Waals surface area (Å²) >= 11 is 0. The van der Waals surface area contributed by atoms with Crippen LogP contribution < -0.4 is 16.4 Å². The van der Waals surface area contributed by atoms with Gasteiger partial charge in [0.15, 0.2) is 0 Å². The van der Waals surface area contributed by atoms with Crippen LogP contribution in [0.1, 0.15) is 115 Å². The Morgan fingerprint density at radius 2 is 0.862 bits per heavy atom. The van der Waals surface area contributed by atoms with E-state index in [-0.39, 0.29) is 44.3 Å². The molecule has 0 atom stereocenters. The van der Waals surface area contributed by atoms with Crippen molar-refractivity contribution in [1.29, 1.82) is 0 Å². The highest BCUT2D eigenvalue weighted by Crippen LogP contribution is 2.16. The Labute approximate surface area is 340 Å². The van der Waals surface area contributed by atoms with Crippen LogP contribution in [0.2, 0.25) is 0 Å². The van der Waals surface area contributed by atoms with E-state index >= 15 is 0 Å². The van der Waals surface area contributed by atoms with Crippen molar-refractivity contribution in [3.05, 3.63) is 20.9 Å². The van der Waals surface area contributed by atoms with Gasteiger partial charge in [-0.25, -0.2) is 29.0 Å². The highest BCUT2D eigenvalue weighted by molar-refractivity contribution is 5.89. The van der Waals surface area contributed by atoms with E-state index in [0.29, 0.717) is 50.3 Å². The zero-order chi connectivity index (χ0) is 45.8. The molecule has 0 aromatic carbocycles. The molecule has 0 aromatic rings. The van der Waals surface area contributed by atoms with Crippen molar-refractivity contribution in [2.75, 3.05) is 45.8 Å². The topological polar surface area (TPSA) is 331 Å². The fourth-order valence-electron chi connectivity index (χ4n) is 3.36. The van der Waals surface area contributed by atoms with E-state index in [0.717, 1.165) is 4.90 Å². The number of hydrogen-bond donors (Lipinski definition) is 4. The summed E-state index contributed by atoms with van der Waals surface area (Å²) in [6.45, 7) is 21.4. The fourth-order valence-corrected chi connectivity index (χ4v) is 3.36. The lowest BCUT2D eigenvalue weighted by Gasteiger charge is -2.28. The summed E-state index contributed by atoms with van der Waals surface area (Å²) in [7, 11) is 0. The predicted molar refractivity (Wildman–Crippen MR) is 212 cm³/mol. The van der Waals surface area contributed by atoms with Gasteiger partial charge in [-0.1, -0.05) is 10.2 Å². The van der Waals surface area contributed by atoms with Gasteiger partial charge >= 0.3 is 30.3 Å². The summed E-state index contributed by atoms with van der Waals surface area (Å²) in [4.78, 5) is 88.2. The summed E-state index contributed by atoms with van der Waals surface area (Å²) in [6, 6.07) is 0. The predicted octanol–water partition coefficient (Wildman–Crippen LogP) is 6.15. The number of imide groups is 2. The zero-order valence-electron chi connectivity index (χ0n) is 36.1. The Kier molecular flexibility index (Phi) is 28.2. The second kappa shape index (κ2) is 28.8. The molecule has 0 aliphatic carbocycles. The second-order valence-corrected chi connectivity index (χ2v) is 16.0. The van der Waals surface area contributed by atoms with Crippen molar-refractivity contribution in [1.82, 2.24) is 20.4 Å². The van der Waals surface area contributed by atoms with Crippen LogP contribution in [0.15, 0.2) is 10.2 Å². The molecular weight excluding hydrogens is 766 g/mol. The summed E-state index contributed by atoms with van der Waals surface area (Å²) in [5.41, 5.74) is 18.1. The largest absolute Gasteiger partial charge is 0.481 e. The number of nitrogens with zero attached hydrogens (tertiary/aromatic N) is 8. The van der Waals surface area contributed by atoms with E-state index in [1.54, 1.807) is 83.1 Å². The number of hydrogen-bond acceptors (Lipinski definition) is 14. The van der Waals surface area contributed by atoms with E-state index in [2.05, 4.69) is 30.7 Å². The van der Waals surface area contributed by atoms with Crippen LogP contribution in [0.4, 0.5) is 19.2 Å². The second-order valence-electron chi connectivity index (χ2n) is 16.0. The van der Waals surface area contributed by atoms with Crippen molar-refractivity contribution in [3.8, 4) is 0 Å². The molecule has 0 spiro atoms. The molecule has 5 N–H and O–H groups in total. The maximum Gasteiger partial charge on any atom is 0.419 e. The number of amides is 6. The summed E-state index contributed by atoms with van der Waals surface area (Å²) < 4.78 is 20.5. The number of carboxylic acids is 1. The quantitative estimate of drug-likeness (QED) is 0.0446. The van der Waals surface area contributed by atoms with Gasteiger partial charge in [-0.15, -0.1) is 0 Å². The molecule has 58 heavy (non-hydrogen) atoms. The van der Waals surface area contributed by atoms with Gasteiger partial charge in [0.2, 0.25) is 11.8 Å². The molecule has 6 amide bonds.